The number of rotatable bonds is 4. The lowest BCUT2D eigenvalue weighted by Gasteiger charge is -2.29. The number of nitrogens with one attached hydrogen (secondary N) is 1. The van der Waals surface area contributed by atoms with E-state index in [2.05, 4.69) is 20.3 Å². The molecule has 144 valence electrons. The Morgan fingerprint density at radius 1 is 1.04 bits per heavy atom. The van der Waals surface area contributed by atoms with E-state index in [0.29, 0.717) is 17.0 Å². The molecule has 0 bridgehead atoms. The fraction of sp³-hybridized carbons (Fsp3) is 0.364. The first-order chi connectivity index (χ1) is 13.6. The van der Waals surface area contributed by atoms with Crippen LogP contribution in [0.4, 0.5) is 0 Å². The Morgan fingerprint density at radius 2 is 1.79 bits per heavy atom. The number of carbonyl (C=O) groups excluding carboxylic acids is 1. The number of nitrogens with zero attached hydrogens (tertiary/aromatic N) is 3. The van der Waals surface area contributed by atoms with Crippen LogP contribution in [0.15, 0.2) is 42.9 Å². The van der Waals surface area contributed by atoms with Crippen molar-refractivity contribution in [2.24, 2.45) is 0 Å². The Bertz CT molecular complexity index is 976. The van der Waals surface area contributed by atoms with Crippen molar-refractivity contribution in [3.8, 4) is 5.75 Å². The van der Waals surface area contributed by atoms with Crippen LogP contribution in [0.2, 0.25) is 0 Å². The van der Waals surface area contributed by atoms with E-state index < -0.39 is 0 Å². The lowest BCUT2D eigenvalue weighted by molar-refractivity contribution is 0.0892. The molecule has 2 aromatic heterocycles. The number of carbonyl (C=O) groups is 1. The maximum Gasteiger partial charge on any atom is 0.255 e. The highest BCUT2D eigenvalue weighted by Crippen LogP contribution is 2.26. The van der Waals surface area contributed by atoms with Gasteiger partial charge in [-0.25, -0.2) is 9.97 Å². The van der Waals surface area contributed by atoms with Gasteiger partial charge >= 0.3 is 0 Å². The summed E-state index contributed by atoms with van der Waals surface area (Å²) in [6, 6.07) is 10.1. The molecule has 1 fully saturated rings. The van der Waals surface area contributed by atoms with Gasteiger partial charge in [0.15, 0.2) is 0 Å². The first-order valence-electron chi connectivity index (χ1n) is 9.70. The number of hydrogen-bond acceptors (Lipinski definition) is 5. The third-order valence-corrected chi connectivity index (χ3v) is 5.34. The molecule has 1 aliphatic carbocycles. The number of benzene rings is 1. The summed E-state index contributed by atoms with van der Waals surface area (Å²) in [7, 11) is 0. The molecule has 0 unspecified atom stereocenters. The summed E-state index contributed by atoms with van der Waals surface area (Å²) in [5.41, 5.74) is 2.99. The lowest BCUT2D eigenvalue weighted by Crippen LogP contribution is -2.40. The molecule has 0 atom stereocenters. The molecule has 1 aromatic carbocycles. The van der Waals surface area contributed by atoms with Gasteiger partial charge in [0.2, 0.25) is 0 Å². The summed E-state index contributed by atoms with van der Waals surface area (Å²) in [6.07, 6.45) is 7.09. The van der Waals surface area contributed by atoms with Gasteiger partial charge in [-0.3, -0.25) is 9.78 Å². The summed E-state index contributed by atoms with van der Waals surface area (Å²) >= 11 is 0. The van der Waals surface area contributed by atoms with E-state index in [-0.39, 0.29) is 18.1 Å². The lowest BCUT2D eigenvalue weighted by atomic mass is 9.92. The van der Waals surface area contributed by atoms with Crippen LogP contribution in [-0.2, 0) is 0 Å². The highest BCUT2D eigenvalue weighted by molar-refractivity contribution is 5.96. The molecular formula is C22H24N4O2. The monoisotopic (exact) mass is 376 g/mol. The summed E-state index contributed by atoms with van der Waals surface area (Å²) in [6.45, 7) is 3.68. The second-order valence-corrected chi connectivity index (χ2v) is 7.34. The second-order valence-electron chi connectivity index (χ2n) is 7.34. The van der Waals surface area contributed by atoms with E-state index in [1.807, 2.05) is 44.2 Å². The molecule has 2 heterocycles. The summed E-state index contributed by atoms with van der Waals surface area (Å²) in [4.78, 5) is 25.2. The standard InChI is InChI=1S/C22H24N4O2/c1-14-21(15(2)25-13-24-14)22(27)26-17-5-7-18(8-6-17)28-19-9-10-20-16(12-19)4-3-11-23-20/h3-4,9-13,17-18H,5-8H2,1-2H3,(H,26,27). The quantitative estimate of drug-likeness (QED) is 0.750. The molecule has 6 nitrogen and oxygen atoms in total. The Morgan fingerprint density at radius 3 is 2.54 bits per heavy atom. The smallest absolute Gasteiger partial charge is 0.255 e. The number of aryl methyl sites for hydroxylation is 2. The van der Waals surface area contributed by atoms with Gasteiger partial charge in [-0.15, -0.1) is 0 Å². The summed E-state index contributed by atoms with van der Waals surface area (Å²) in [5, 5.41) is 4.22. The van der Waals surface area contributed by atoms with Crippen LogP contribution in [0.25, 0.3) is 10.9 Å². The highest BCUT2D eigenvalue weighted by atomic mass is 16.5. The van der Waals surface area contributed by atoms with Gasteiger partial charge in [-0.1, -0.05) is 6.07 Å². The number of aromatic nitrogens is 3. The SMILES string of the molecule is Cc1ncnc(C)c1C(=O)NC1CCC(Oc2ccc3ncccc3c2)CC1. The van der Waals surface area contributed by atoms with Crippen molar-refractivity contribution < 1.29 is 9.53 Å². The second kappa shape index (κ2) is 7.92. The molecular weight excluding hydrogens is 352 g/mol. The highest BCUT2D eigenvalue weighted by Gasteiger charge is 2.25. The zero-order chi connectivity index (χ0) is 19.5. The zero-order valence-corrected chi connectivity index (χ0v) is 16.2. The predicted molar refractivity (Wildman–Crippen MR) is 107 cm³/mol. The first-order valence-corrected chi connectivity index (χ1v) is 9.70. The maximum atomic E-state index is 12.6. The van der Waals surface area contributed by atoms with Crippen LogP contribution in [-0.4, -0.2) is 33.0 Å². The molecule has 1 N–H and O–H groups in total. The minimum Gasteiger partial charge on any atom is -0.490 e. The average molecular weight is 376 g/mol. The molecule has 28 heavy (non-hydrogen) atoms. The summed E-state index contributed by atoms with van der Waals surface area (Å²) < 4.78 is 6.18. The number of fused-ring (bicyclic) bond motifs is 1. The Labute approximate surface area is 164 Å². The van der Waals surface area contributed by atoms with Crippen LogP contribution in [0.3, 0.4) is 0 Å². The van der Waals surface area contributed by atoms with Crippen molar-refractivity contribution >= 4 is 16.8 Å². The third kappa shape index (κ3) is 3.96. The van der Waals surface area contributed by atoms with Crippen LogP contribution in [0.5, 0.6) is 5.75 Å². The molecule has 0 saturated heterocycles. The largest absolute Gasteiger partial charge is 0.490 e. The fourth-order valence-corrected chi connectivity index (χ4v) is 3.82. The number of hydrogen-bond donors (Lipinski definition) is 1. The van der Waals surface area contributed by atoms with Gasteiger partial charge in [0.1, 0.15) is 12.1 Å². The van der Waals surface area contributed by atoms with Crippen LogP contribution >= 0.6 is 0 Å². The van der Waals surface area contributed by atoms with Gasteiger partial charge in [0.25, 0.3) is 5.91 Å². The Hall–Kier alpha value is -3.02. The minimum atomic E-state index is -0.0815. The average Bonchev–Trinajstić information content (AvgIpc) is 2.69. The van der Waals surface area contributed by atoms with E-state index in [9.17, 15) is 4.79 Å². The van der Waals surface area contributed by atoms with E-state index in [0.717, 1.165) is 42.3 Å². The van der Waals surface area contributed by atoms with Gasteiger partial charge < -0.3 is 10.1 Å². The number of ether oxygens (including phenoxy) is 1. The Balaban J connectivity index is 1.33. The minimum absolute atomic E-state index is 0.0815. The van der Waals surface area contributed by atoms with Gasteiger partial charge in [-0.2, -0.15) is 0 Å². The van der Waals surface area contributed by atoms with Crippen molar-refractivity contribution in [2.75, 3.05) is 0 Å². The van der Waals surface area contributed by atoms with Crippen LogP contribution in [0.1, 0.15) is 47.4 Å². The van der Waals surface area contributed by atoms with Gasteiger partial charge in [0, 0.05) is 17.6 Å². The predicted octanol–water partition coefficient (Wildman–Crippen LogP) is 3.76. The third-order valence-electron chi connectivity index (χ3n) is 5.34. The van der Waals surface area contributed by atoms with E-state index >= 15 is 0 Å². The van der Waals surface area contributed by atoms with Crippen LogP contribution < -0.4 is 10.1 Å². The maximum absolute atomic E-state index is 12.6. The molecule has 0 aliphatic heterocycles. The Kier molecular flexibility index (Phi) is 5.19. The molecule has 1 amide bonds. The van der Waals surface area contributed by atoms with Gasteiger partial charge in [-0.05, 0) is 63.8 Å². The zero-order valence-electron chi connectivity index (χ0n) is 16.2. The van der Waals surface area contributed by atoms with Crippen molar-refractivity contribution in [1.82, 2.24) is 20.3 Å². The number of pyridine rings is 1. The normalized spacial score (nSPS) is 19.4. The molecule has 3 aromatic rings. The molecule has 0 spiro atoms. The molecule has 1 aliphatic rings. The molecule has 6 heteroatoms. The summed E-state index contributed by atoms with van der Waals surface area (Å²) in [5.74, 6) is 0.794. The molecule has 4 rings (SSSR count). The van der Waals surface area contributed by atoms with Gasteiger partial charge in [0.05, 0.1) is 28.6 Å². The van der Waals surface area contributed by atoms with E-state index in [4.69, 9.17) is 4.74 Å². The molecule has 1 saturated carbocycles. The van der Waals surface area contributed by atoms with E-state index in [1.54, 1.807) is 6.20 Å². The van der Waals surface area contributed by atoms with Crippen molar-refractivity contribution in [3.63, 3.8) is 0 Å². The first kappa shape index (κ1) is 18.3. The van der Waals surface area contributed by atoms with E-state index in [1.165, 1.54) is 6.33 Å². The number of amides is 1. The molecule has 0 radical (unpaired) electrons. The van der Waals surface area contributed by atoms with Crippen LogP contribution in [0, 0.1) is 13.8 Å². The van der Waals surface area contributed by atoms with Crippen molar-refractivity contribution in [1.29, 1.82) is 0 Å². The topological polar surface area (TPSA) is 77.0 Å². The van der Waals surface area contributed by atoms with Crippen molar-refractivity contribution in [3.05, 3.63) is 59.8 Å². The van der Waals surface area contributed by atoms with Crippen molar-refractivity contribution in [2.45, 2.75) is 51.7 Å². The fourth-order valence-electron chi connectivity index (χ4n) is 3.82.